The summed E-state index contributed by atoms with van der Waals surface area (Å²) in [7, 11) is -2.20. The van der Waals surface area contributed by atoms with Crippen molar-refractivity contribution in [3.63, 3.8) is 0 Å². The van der Waals surface area contributed by atoms with Crippen molar-refractivity contribution < 1.29 is 12.9 Å². The Morgan fingerprint density at radius 2 is 2.04 bits per heavy atom. The van der Waals surface area contributed by atoms with Crippen LogP contribution in [0.1, 0.15) is 11.5 Å². The maximum Gasteiger partial charge on any atom is 0.346 e. The number of rotatable bonds is 6. The van der Waals surface area contributed by atoms with Crippen molar-refractivity contribution in [3.05, 3.63) is 46.3 Å². The van der Waals surface area contributed by atoms with Crippen LogP contribution in [0.3, 0.4) is 0 Å². The fourth-order valence-electron chi connectivity index (χ4n) is 2.57. The van der Waals surface area contributed by atoms with Crippen LogP contribution in [-0.2, 0) is 23.6 Å². The Balaban J connectivity index is 1.76. The van der Waals surface area contributed by atoms with E-state index in [2.05, 4.69) is 20.0 Å². The Bertz CT molecular complexity index is 1060. The third kappa shape index (κ3) is 3.30. The lowest BCUT2D eigenvalue weighted by atomic mass is 10.3. The summed E-state index contributed by atoms with van der Waals surface area (Å²) in [6.45, 7) is 3.14. The molecule has 0 fully saturated rings. The first-order chi connectivity index (χ1) is 12.3. The standard InChI is InChI=1S/C15H18N6O4S/c1-10-13(11(2)25-19-10)26(23,24)17-8-9-21-15(22)20(3)14(18-21)12-6-4-5-7-16-12/h4-7,17H,8-9H2,1-3H3. The highest BCUT2D eigenvalue weighted by molar-refractivity contribution is 7.89. The van der Waals surface area contributed by atoms with E-state index in [9.17, 15) is 13.2 Å². The van der Waals surface area contributed by atoms with Crippen molar-refractivity contribution >= 4 is 10.0 Å². The second-order valence-corrected chi connectivity index (χ2v) is 7.36. The molecule has 26 heavy (non-hydrogen) atoms. The predicted octanol–water partition coefficient (Wildman–Crippen LogP) is 0.227. The number of nitrogens with zero attached hydrogens (tertiary/aromatic N) is 5. The summed E-state index contributed by atoms with van der Waals surface area (Å²) in [4.78, 5) is 16.5. The van der Waals surface area contributed by atoms with Crippen LogP contribution in [0.25, 0.3) is 11.5 Å². The number of hydrogen-bond donors (Lipinski definition) is 1. The van der Waals surface area contributed by atoms with Gasteiger partial charge in [-0.05, 0) is 26.0 Å². The van der Waals surface area contributed by atoms with Crippen LogP contribution in [0.5, 0.6) is 0 Å². The highest BCUT2D eigenvalue weighted by atomic mass is 32.2. The zero-order valence-electron chi connectivity index (χ0n) is 14.5. The van der Waals surface area contributed by atoms with E-state index in [4.69, 9.17) is 4.52 Å². The van der Waals surface area contributed by atoms with E-state index >= 15 is 0 Å². The Kier molecular flexibility index (Phi) is 4.74. The molecule has 0 spiro atoms. The van der Waals surface area contributed by atoms with E-state index in [1.807, 2.05) is 0 Å². The van der Waals surface area contributed by atoms with Gasteiger partial charge in [0, 0.05) is 19.8 Å². The Labute approximate surface area is 149 Å². The van der Waals surface area contributed by atoms with Crippen LogP contribution in [0.15, 0.2) is 38.6 Å². The lowest BCUT2D eigenvalue weighted by molar-refractivity contribution is 0.390. The number of pyridine rings is 1. The van der Waals surface area contributed by atoms with Gasteiger partial charge in [-0.25, -0.2) is 22.6 Å². The fourth-order valence-corrected chi connectivity index (χ4v) is 3.91. The van der Waals surface area contributed by atoms with Gasteiger partial charge in [-0.3, -0.25) is 9.55 Å². The molecule has 3 aromatic heterocycles. The second-order valence-electron chi connectivity index (χ2n) is 5.65. The first-order valence-electron chi connectivity index (χ1n) is 7.79. The van der Waals surface area contributed by atoms with Gasteiger partial charge in [0.1, 0.15) is 16.3 Å². The lowest BCUT2D eigenvalue weighted by Gasteiger charge is -2.05. The molecule has 138 valence electrons. The zero-order valence-corrected chi connectivity index (χ0v) is 15.3. The van der Waals surface area contributed by atoms with Crippen molar-refractivity contribution in [2.75, 3.05) is 6.54 Å². The molecule has 0 saturated carbocycles. The van der Waals surface area contributed by atoms with Gasteiger partial charge in [-0.15, -0.1) is 5.10 Å². The van der Waals surface area contributed by atoms with E-state index in [-0.39, 0.29) is 35.1 Å². The molecule has 1 N–H and O–H groups in total. The molecule has 0 aliphatic rings. The monoisotopic (exact) mass is 378 g/mol. The van der Waals surface area contributed by atoms with Crippen LogP contribution in [0, 0.1) is 13.8 Å². The van der Waals surface area contributed by atoms with Gasteiger partial charge in [-0.1, -0.05) is 11.2 Å². The van der Waals surface area contributed by atoms with Crippen molar-refractivity contribution in [1.82, 2.24) is 29.2 Å². The Morgan fingerprint density at radius 3 is 2.65 bits per heavy atom. The van der Waals surface area contributed by atoms with Crippen LogP contribution < -0.4 is 10.4 Å². The average Bonchev–Trinajstić information content (AvgIpc) is 3.09. The molecule has 0 atom stereocenters. The number of sulfonamides is 1. The molecule has 0 amide bonds. The molecule has 0 bridgehead atoms. The number of aromatic nitrogens is 5. The summed E-state index contributed by atoms with van der Waals surface area (Å²) in [5.74, 6) is 0.617. The molecule has 0 radical (unpaired) electrons. The quantitative estimate of drug-likeness (QED) is 0.651. The summed E-state index contributed by atoms with van der Waals surface area (Å²) in [6.07, 6.45) is 1.61. The number of aryl methyl sites for hydroxylation is 2. The van der Waals surface area contributed by atoms with E-state index < -0.39 is 10.0 Å². The van der Waals surface area contributed by atoms with Crippen molar-refractivity contribution in [2.45, 2.75) is 25.3 Å². The third-order valence-electron chi connectivity index (χ3n) is 3.79. The molecule has 0 aromatic carbocycles. The van der Waals surface area contributed by atoms with Gasteiger partial charge in [0.15, 0.2) is 11.6 Å². The molecule has 0 aliphatic carbocycles. The smallest absolute Gasteiger partial charge is 0.346 e. The molecule has 0 unspecified atom stereocenters. The van der Waals surface area contributed by atoms with Crippen molar-refractivity contribution in [3.8, 4) is 11.5 Å². The van der Waals surface area contributed by atoms with Gasteiger partial charge in [-0.2, -0.15) is 0 Å². The molecular formula is C15H18N6O4S. The number of nitrogens with one attached hydrogen (secondary N) is 1. The summed E-state index contributed by atoms with van der Waals surface area (Å²) in [5.41, 5.74) is 0.479. The van der Waals surface area contributed by atoms with Crippen molar-refractivity contribution in [1.29, 1.82) is 0 Å². The minimum Gasteiger partial charge on any atom is -0.360 e. The third-order valence-corrected chi connectivity index (χ3v) is 5.49. The van der Waals surface area contributed by atoms with Crippen LogP contribution >= 0.6 is 0 Å². The van der Waals surface area contributed by atoms with Gasteiger partial charge in [0.05, 0.1) is 6.54 Å². The zero-order chi connectivity index (χ0) is 18.9. The van der Waals surface area contributed by atoms with E-state index in [0.717, 1.165) is 0 Å². The number of hydrogen-bond acceptors (Lipinski definition) is 7. The molecule has 0 saturated heterocycles. The van der Waals surface area contributed by atoms with Crippen LogP contribution in [0.2, 0.25) is 0 Å². The Morgan fingerprint density at radius 1 is 1.27 bits per heavy atom. The highest BCUT2D eigenvalue weighted by Crippen LogP contribution is 2.18. The summed E-state index contributed by atoms with van der Waals surface area (Å²) in [5, 5.41) is 7.88. The second kappa shape index (κ2) is 6.84. The minimum atomic E-state index is -3.79. The van der Waals surface area contributed by atoms with E-state index in [1.54, 1.807) is 38.4 Å². The molecule has 0 aliphatic heterocycles. The molecular weight excluding hydrogens is 360 g/mol. The molecule has 10 nitrogen and oxygen atoms in total. The fraction of sp³-hybridized carbons (Fsp3) is 0.333. The first kappa shape index (κ1) is 18.0. The minimum absolute atomic E-state index is 0.00896. The molecule has 3 aromatic rings. The van der Waals surface area contributed by atoms with Crippen LogP contribution in [0.4, 0.5) is 0 Å². The highest BCUT2D eigenvalue weighted by Gasteiger charge is 2.24. The van der Waals surface area contributed by atoms with Gasteiger partial charge in [0.2, 0.25) is 10.0 Å². The lowest BCUT2D eigenvalue weighted by Crippen LogP contribution is -2.32. The normalized spacial score (nSPS) is 11.8. The van der Waals surface area contributed by atoms with Crippen LogP contribution in [-0.4, -0.2) is 39.5 Å². The first-order valence-corrected chi connectivity index (χ1v) is 9.27. The Hall–Kier alpha value is -2.79. The van der Waals surface area contributed by atoms with Gasteiger partial charge in [0.25, 0.3) is 0 Å². The maximum atomic E-state index is 12.4. The maximum absolute atomic E-state index is 12.4. The SMILES string of the molecule is Cc1noc(C)c1S(=O)(=O)NCCn1nc(-c2ccccn2)n(C)c1=O. The summed E-state index contributed by atoms with van der Waals surface area (Å²) in [6, 6.07) is 5.30. The van der Waals surface area contributed by atoms with E-state index in [0.29, 0.717) is 11.5 Å². The van der Waals surface area contributed by atoms with Crippen molar-refractivity contribution in [2.24, 2.45) is 7.05 Å². The molecule has 3 heterocycles. The summed E-state index contributed by atoms with van der Waals surface area (Å²) >= 11 is 0. The predicted molar refractivity (Wildman–Crippen MR) is 91.9 cm³/mol. The van der Waals surface area contributed by atoms with E-state index in [1.165, 1.54) is 16.2 Å². The average molecular weight is 378 g/mol. The van der Waals surface area contributed by atoms with Gasteiger partial charge < -0.3 is 4.52 Å². The van der Waals surface area contributed by atoms with Gasteiger partial charge >= 0.3 is 5.69 Å². The summed E-state index contributed by atoms with van der Waals surface area (Å²) < 4.78 is 34.6. The molecule has 11 heteroatoms. The molecule has 3 rings (SSSR count). The largest absolute Gasteiger partial charge is 0.360 e. The topological polar surface area (TPSA) is 125 Å².